The summed E-state index contributed by atoms with van der Waals surface area (Å²) in [7, 11) is 0. The monoisotopic (exact) mass is 268 g/mol. The fourth-order valence-electron chi connectivity index (χ4n) is 1.30. The molecule has 6 heteroatoms. The molecule has 0 heterocycles. The highest BCUT2D eigenvalue weighted by atomic mass is 35.5. The molecule has 0 aliphatic carbocycles. The van der Waals surface area contributed by atoms with Crippen LogP contribution in [0.15, 0.2) is 0 Å². The van der Waals surface area contributed by atoms with Gasteiger partial charge in [0.2, 0.25) is 11.8 Å². The Morgan fingerprint density at radius 1 is 0.938 bits per heavy atom. The number of halogens is 2. The van der Waals surface area contributed by atoms with Crippen LogP contribution in [0.25, 0.3) is 0 Å². The lowest BCUT2D eigenvalue weighted by Crippen LogP contribution is -2.39. The first-order valence-corrected chi connectivity index (χ1v) is 6.39. The highest BCUT2D eigenvalue weighted by Gasteiger charge is 2.18. The number of unbranched alkanes of at least 4 members (excludes halogenated alkanes) is 3. The van der Waals surface area contributed by atoms with E-state index in [9.17, 15) is 9.59 Å². The minimum atomic E-state index is -0.383. The van der Waals surface area contributed by atoms with Gasteiger partial charge in [0, 0.05) is 6.54 Å². The Hall–Kier alpha value is -0.320. The third-order valence-electron chi connectivity index (χ3n) is 2.17. The molecule has 0 saturated heterocycles. The van der Waals surface area contributed by atoms with E-state index in [1.54, 1.807) is 0 Å². The Morgan fingerprint density at radius 3 is 1.88 bits per heavy atom. The van der Waals surface area contributed by atoms with E-state index < -0.39 is 0 Å². The van der Waals surface area contributed by atoms with Crippen LogP contribution in [0.3, 0.4) is 0 Å². The maximum atomic E-state index is 11.3. The van der Waals surface area contributed by atoms with E-state index in [-0.39, 0.29) is 23.6 Å². The van der Waals surface area contributed by atoms with Crippen molar-refractivity contribution in [3.05, 3.63) is 0 Å². The molecule has 0 aromatic heterocycles. The predicted octanol–water partition coefficient (Wildman–Crippen LogP) is 1.34. The maximum Gasteiger partial charge on any atom is 0.244 e. The molecule has 0 spiro atoms. The fraction of sp³-hybridized carbons (Fsp3) is 0.800. The number of nitrogens with two attached hydrogens (primary N) is 1. The summed E-state index contributed by atoms with van der Waals surface area (Å²) < 4.78 is 0. The molecule has 0 aliphatic rings. The topological polar surface area (TPSA) is 63.4 Å². The van der Waals surface area contributed by atoms with Crippen molar-refractivity contribution in [3.8, 4) is 0 Å². The van der Waals surface area contributed by atoms with Crippen LogP contribution in [0, 0.1) is 0 Å². The van der Waals surface area contributed by atoms with Crippen LogP contribution < -0.4 is 5.73 Å². The summed E-state index contributed by atoms with van der Waals surface area (Å²) in [5.41, 5.74) is 5.36. The molecule has 0 atom stereocenters. The normalized spacial score (nSPS) is 10.2. The van der Waals surface area contributed by atoms with Crippen LogP contribution in [-0.4, -0.2) is 41.6 Å². The number of nitrogens with zero attached hydrogens (tertiary/aromatic N) is 1. The van der Waals surface area contributed by atoms with Gasteiger partial charge in [0.25, 0.3) is 0 Å². The van der Waals surface area contributed by atoms with Crippen LogP contribution >= 0.6 is 23.2 Å². The van der Waals surface area contributed by atoms with Gasteiger partial charge in [-0.25, -0.2) is 0 Å². The number of carbonyl (C=O) groups excluding carboxylic acids is 2. The van der Waals surface area contributed by atoms with Crippen molar-refractivity contribution in [2.45, 2.75) is 25.7 Å². The first kappa shape index (κ1) is 15.7. The number of rotatable bonds is 8. The van der Waals surface area contributed by atoms with Crippen LogP contribution in [0.4, 0.5) is 0 Å². The number of carbonyl (C=O) groups is 2. The van der Waals surface area contributed by atoms with E-state index in [0.717, 1.165) is 30.6 Å². The van der Waals surface area contributed by atoms with E-state index in [4.69, 9.17) is 28.9 Å². The molecule has 0 radical (unpaired) electrons. The first-order valence-electron chi connectivity index (χ1n) is 5.32. The van der Waals surface area contributed by atoms with E-state index >= 15 is 0 Å². The summed E-state index contributed by atoms with van der Waals surface area (Å²) >= 11 is 10.8. The molecule has 16 heavy (non-hydrogen) atoms. The lowest BCUT2D eigenvalue weighted by Gasteiger charge is -2.18. The second kappa shape index (κ2) is 9.87. The standard InChI is InChI=1S/C10H18Cl2N2O2/c11-7-9(15)14(10(16)8-12)6-4-2-1-3-5-13/h1-8,13H2. The molecule has 94 valence electrons. The van der Waals surface area contributed by atoms with Gasteiger partial charge in [-0.2, -0.15) is 0 Å². The summed E-state index contributed by atoms with van der Waals surface area (Å²) in [6, 6.07) is 0. The van der Waals surface area contributed by atoms with Gasteiger partial charge in [-0.3, -0.25) is 14.5 Å². The van der Waals surface area contributed by atoms with Crippen molar-refractivity contribution in [1.82, 2.24) is 4.90 Å². The molecule has 0 unspecified atom stereocenters. The Kier molecular flexibility index (Phi) is 9.68. The molecule has 4 nitrogen and oxygen atoms in total. The number of alkyl halides is 2. The number of amides is 2. The van der Waals surface area contributed by atoms with Gasteiger partial charge >= 0.3 is 0 Å². The van der Waals surface area contributed by atoms with Gasteiger partial charge in [0.1, 0.15) is 11.8 Å². The summed E-state index contributed by atoms with van der Waals surface area (Å²) in [6.45, 7) is 1.06. The molecule has 0 aromatic carbocycles. The Bertz CT molecular complexity index is 209. The van der Waals surface area contributed by atoms with Crippen molar-refractivity contribution in [2.75, 3.05) is 24.8 Å². The molecule has 0 aliphatic heterocycles. The van der Waals surface area contributed by atoms with Gasteiger partial charge in [0.05, 0.1) is 0 Å². The zero-order chi connectivity index (χ0) is 12.4. The van der Waals surface area contributed by atoms with Crippen molar-refractivity contribution < 1.29 is 9.59 Å². The lowest BCUT2D eigenvalue weighted by atomic mass is 10.2. The summed E-state index contributed by atoms with van der Waals surface area (Å²) in [4.78, 5) is 23.8. The molecule has 0 bridgehead atoms. The van der Waals surface area contributed by atoms with E-state index in [2.05, 4.69) is 0 Å². The summed E-state index contributed by atoms with van der Waals surface area (Å²) in [5.74, 6) is -1.14. The maximum absolute atomic E-state index is 11.3. The second-order valence-corrected chi connectivity index (χ2v) is 3.94. The fourth-order valence-corrected chi connectivity index (χ4v) is 1.59. The van der Waals surface area contributed by atoms with E-state index in [0.29, 0.717) is 13.1 Å². The van der Waals surface area contributed by atoms with Crippen molar-refractivity contribution in [1.29, 1.82) is 0 Å². The largest absolute Gasteiger partial charge is 0.330 e. The van der Waals surface area contributed by atoms with Crippen LogP contribution in [-0.2, 0) is 9.59 Å². The van der Waals surface area contributed by atoms with Crippen molar-refractivity contribution in [3.63, 3.8) is 0 Å². The van der Waals surface area contributed by atoms with Crippen molar-refractivity contribution in [2.24, 2.45) is 5.73 Å². The van der Waals surface area contributed by atoms with Crippen LogP contribution in [0.2, 0.25) is 0 Å². The summed E-state index contributed by atoms with van der Waals surface area (Å²) in [6.07, 6.45) is 3.69. The van der Waals surface area contributed by atoms with Gasteiger partial charge < -0.3 is 5.73 Å². The third kappa shape index (κ3) is 6.30. The van der Waals surface area contributed by atoms with Crippen molar-refractivity contribution >= 4 is 35.0 Å². The molecular weight excluding hydrogens is 251 g/mol. The number of hydrogen-bond acceptors (Lipinski definition) is 3. The molecule has 0 fully saturated rings. The number of imide groups is 1. The minimum absolute atomic E-state index is 0.189. The van der Waals surface area contributed by atoms with Gasteiger partial charge in [0.15, 0.2) is 0 Å². The van der Waals surface area contributed by atoms with Crippen LogP contribution in [0.1, 0.15) is 25.7 Å². The number of hydrogen-bond donors (Lipinski definition) is 1. The Labute approximate surface area is 106 Å². The lowest BCUT2D eigenvalue weighted by molar-refractivity contribution is -0.141. The average Bonchev–Trinajstić information content (AvgIpc) is 2.32. The van der Waals surface area contributed by atoms with Gasteiger partial charge in [-0.15, -0.1) is 23.2 Å². The van der Waals surface area contributed by atoms with Crippen LogP contribution in [0.5, 0.6) is 0 Å². The van der Waals surface area contributed by atoms with Gasteiger partial charge in [-0.05, 0) is 19.4 Å². The molecule has 0 rings (SSSR count). The Morgan fingerprint density at radius 2 is 1.44 bits per heavy atom. The molecule has 0 saturated carbocycles. The summed E-state index contributed by atoms with van der Waals surface area (Å²) in [5, 5.41) is 0. The molecule has 2 N–H and O–H groups in total. The average molecular weight is 269 g/mol. The molecule has 2 amide bonds. The van der Waals surface area contributed by atoms with Gasteiger partial charge in [-0.1, -0.05) is 12.8 Å². The smallest absolute Gasteiger partial charge is 0.244 e. The zero-order valence-corrected chi connectivity index (χ0v) is 10.8. The predicted molar refractivity (Wildman–Crippen MR) is 65.7 cm³/mol. The molecule has 0 aromatic rings. The highest BCUT2D eigenvalue weighted by Crippen LogP contribution is 2.03. The zero-order valence-electron chi connectivity index (χ0n) is 9.25. The van der Waals surface area contributed by atoms with E-state index in [1.807, 2.05) is 0 Å². The highest BCUT2D eigenvalue weighted by molar-refractivity contribution is 6.31. The Balaban J connectivity index is 3.93. The second-order valence-electron chi connectivity index (χ2n) is 3.41. The molecular formula is C10H18Cl2N2O2. The van der Waals surface area contributed by atoms with E-state index in [1.165, 1.54) is 0 Å². The first-order chi connectivity index (χ1) is 7.67. The quantitative estimate of drug-likeness (QED) is 0.534. The minimum Gasteiger partial charge on any atom is -0.330 e. The SMILES string of the molecule is NCCCCCCN(C(=O)CCl)C(=O)CCl. The third-order valence-corrected chi connectivity index (χ3v) is 2.62.